The number of aromatic nitrogens is 3. The molecule has 106 valence electrons. The highest BCUT2D eigenvalue weighted by molar-refractivity contribution is 7.99. The van der Waals surface area contributed by atoms with Crippen LogP contribution in [-0.2, 0) is 4.79 Å². The van der Waals surface area contributed by atoms with Gasteiger partial charge in [-0.2, -0.15) is 0 Å². The van der Waals surface area contributed by atoms with Gasteiger partial charge in [0.05, 0.1) is 5.75 Å². The van der Waals surface area contributed by atoms with Crippen molar-refractivity contribution in [2.75, 3.05) is 16.5 Å². The third-order valence-corrected chi connectivity index (χ3v) is 3.63. The molecule has 1 aromatic heterocycles. The van der Waals surface area contributed by atoms with E-state index in [1.54, 1.807) is 4.90 Å². The number of thioether (sulfide) groups is 1. The van der Waals surface area contributed by atoms with E-state index in [0.29, 0.717) is 5.16 Å². The summed E-state index contributed by atoms with van der Waals surface area (Å²) in [6.45, 7) is 3.97. The molecule has 7 heteroatoms. The van der Waals surface area contributed by atoms with Crippen molar-refractivity contribution in [2.45, 2.75) is 25.0 Å². The van der Waals surface area contributed by atoms with Crippen molar-refractivity contribution in [3.05, 3.63) is 36.7 Å². The molecule has 0 atom stereocenters. The number of hydrogen-bond donors (Lipinski definition) is 1. The smallest absolute Gasteiger partial charge is 0.237 e. The van der Waals surface area contributed by atoms with E-state index in [4.69, 9.17) is 5.84 Å². The molecule has 0 unspecified atom stereocenters. The zero-order valence-electron chi connectivity index (χ0n) is 11.4. The standard InChI is InChI=1S/C13H17N5OS/c1-10(2)18(11-6-4-3-5-7-11)12(19)8-20-13-16-15-9-17(13)14/h3-7,9-10H,8,14H2,1-2H3. The minimum atomic E-state index is 0.0131. The molecule has 1 aromatic carbocycles. The number of rotatable bonds is 5. The Morgan fingerprint density at radius 2 is 2.10 bits per heavy atom. The van der Waals surface area contributed by atoms with Gasteiger partial charge >= 0.3 is 0 Å². The monoisotopic (exact) mass is 291 g/mol. The third-order valence-electron chi connectivity index (χ3n) is 2.68. The van der Waals surface area contributed by atoms with Crippen molar-refractivity contribution in [2.24, 2.45) is 0 Å². The average molecular weight is 291 g/mol. The molecule has 0 spiro atoms. The highest BCUT2D eigenvalue weighted by Gasteiger charge is 2.19. The molecule has 0 radical (unpaired) electrons. The molecular formula is C13H17N5OS. The molecule has 0 aliphatic heterocycles. The zero-order valence-corrected chi connectivity index (χ0v) is 12.2. The quantitative estimate of drug-likeness (QED) is 0.667. The molecule has 2 N–H and O–H groups in total. The Bertz CT molecular complexity index is 569. The van der Waals surface area contributed by atoms with Gasteiger partial charge in [0.1, 0.15) is 6.33 Å². The Hall–Kier alpha value is -2.02. The molecule has 2 rings (SSSR count). The maximum absolute atomic E-state index is 12.4. The number of para-hydroxylation sites is 1. The van der Waals surface area contributed by atoms with Gasteiger partial charge in [0, 0.05) is 11.7 Å². The SMILES string of the molecule is CC(C)N(C(=O)CSc1nncn1N)c1ccccc1. The maximum atomic E-state index is 12.4. The fraction of sp³-hybridized carbons (Fsp3) is 0.308. The predicted octanol–water partition coefficient (Wildman–Crippen LogP) is 1.53. The summed E-state index contributed by atoms with van der Waals surface area (Å²) in [5.41, 5.74) is 0.891. The summed E-state index contributed by atoms with van der Waals surface area (Å²) in [4.78, 5) is 14.2. The number of benzene rings is 1. The van der Waals surface area contributed by atoms with Crippen LogP contribution in [0.3, 0.4) is 0 Å². The third kappa shape index (κ3) is 3.30. The van der Waals surface area contributed by atoms with Gasteiger partial charge in [-0.3, -0.25) is 4.79 Å². The summed E-state index contributed by atoms with van der Waals surface area (Å²) in [6.07, 6.45) is 1.41. The first-order valence-corrected chi connectivity index (χ1v) is 7.23. The van der Waals surface area contributed by atoms with E-state index in [1.807, 2.05) is 44.2 Å². The van der Waals surface area contributed by atoms with Crippen molar-refractivity contribution in [1.29, 1.82) is 0 Å². The molecule has 2 aromatic rings. The van der Waals surface area contributed by atoms with E-state index in [0.717, 1.165) is 5.69 Å². The van der Waals surface area contributed by atoms with Crippen molar-refractivity contribution in [3.8, 4) is 0 Å². The first-order chi connectivity index (χ1) is 9.59. The molecule has 0 aliphatic carbocycles. The van der Waals surface area contributed by atoms with Gasteiger partial charge in [-0.25, -0.2) is 4.68 Å². The Morgan fingerprint density at radius 3 is 2.65 bits per heavy atom. The highest BCUT2D eigenvalue weighted by Crippen LogP contribution is 2.20. The van der Waals surface area contributed by atoms with Crippen LogP contribution in [0.1, 0.15) is 13.8 Å². The van der Waals surface area contributed by atoms with Crippen LogP contribution in [0, 0.1) is 0 Å². The first kappa shape index (κ1) is 14.4. The molecule has 0 saturated carbocycles. The number of anilines is 1. The van der Waals surface area contributed by atoms with Crippen LogP contribution in [0.15, 0.2) is 41.8 Å². The summed E-state index contributed by atoms with van der Waals surface area (Å²) in [5, 5.41) is 8.05. The molecule has 0 fully saturated rings. The Balaban J connectivity index is 2.07. The summed E-state index contributed by atoms with van der Waals surface area (Å²) in [7, 11) is 0. The van der Waals surface area contributed by atoms with Crippen molar-refractivity contribution in [1.82, 2.24) is 14.9 Å². The summed E-state index contributed by atoms with van der Waals surface area (Å²) >= 11 is 1.28. The van der Waals surface area contributed by atoms with Crippen molar-refractivity contribution in [3.63, 3.8) is 0 Å². The van der Waals surface area contributed by atoms with E-state index >= 15 is 0 Å². The molecule has 6 nitrogen and oxygen atoms in total. The fourth-order valence-corrected chi connectivity index (χ4v) is 2.54. The topological polar surface area (TPSA) is 77.0 Å². The van der Waals surface area contributed by atoms with Gasteiger partial charge in [-0.15, -0.1) is 10.2 Å². The first-order valence-electron chi connectivity index (χ1n) is 6.24. The second kappa shape index (κ2) is 6.42. The van der Waals surface area contributed by atoms with E-state index in [9.17, 15) is 4.79 Å². The summed E-state index contributed by atoms with van der Waals surface area (Å²) in [5.74, 6) is 5.90. The normalized spacial score (nSPS) is 10.8. The van der Waals surface area contributed by atoms with Crippen molar-refractivity contribution >= 4 is 23.4 Å². The van der Waals surface area contributed by atoms with Gasteiger partial charge in [0.25, 0.3) is 0 Å². The minimum absolute atomic E-state index is 0.0131. The lowest BCUT2D eigenvalue weighted by Gasteiger charge is -2.26. The lowest BCUT2D eigenvalue weighted by atomic mass is 10.2. The van der Waals surface area contributed by atoms with Crippen molar-refractivity contribution < 1.29 is 4.79 Å². The van der Waals surface area contributed by atoms with E-state index in [1.165, 1.54) is 22.8 Å². The lowest BCUT2D eigenvalue weighted by Crippen LogP contribution is -2.38. The van der Waals surface area contributed by atoms with Crippen LogP contribution < -0.4 is 10.7 Å². The van der Waals surface area contributed by atoms with Gasteiger partial charge in [0.15, 0.2) is 0 Å². The predicted molar refractivity (Wildman–Crippen MR) is 80.0 cm³/mol. The number of carbonyl (C=O) groups excluding carboxylic acids is 1. The highest BCUT2D eigenvalue weighted by atomic mass is 32.2. The molecule has 0 aliphatic rings. The number of nitrogens with zero attached hydrogens (tertiary/aromatic N) is 4. The summed E-state index contributed by atoms with van der Waals surface area (Å²) < 4.78 is 1.31. The number of amides is 1. The van der Waals surface area contributed by atoms with Crippen LogP contribution in [0.25, 0.3) is 0 Å². The Labute approximate surface area is 121 Å². The van der Waals surface area contributed by atoms with Crippen LogP contribution in [-0.4, -0.2) is 32.6 Å². The molecule has 1 heterocycles. The van der Waals surface area contributed by atoms with E-state index in [2.05, 4.69) is 10.2 Å². The average Bonchev–Trinajstić information content (AvgIpc) is 2.83. The van der Waals surface area contributed by atoms with Crippen LogP contribution >= 0.6 is 11.8 Å². The van der Waals surface area contributed by atoms with Gasteiger partial charge in [-0.1, -0.05) is 30.0 Å². The second-order valence-electron chi connectivity index (χ2n) is 4.50. The van der Waals surface area contributed by atoms with E-state index < -0.39 is 0 Å². The lowest BCUT2D eigenvalue weighted by molar-refractivity contribution is -0.116. The Morgan fingerprint density at radius 1 is 1.40 bits per heavy atom. The zero-order chi connectivity index (χ0) is 14.5. The van der Waals surface area contributed by atoms with Crippen LogP contribution in [0.5, 0.6) is 0 Å². The molecule has 0 bridgehead atoms. The minimum Gasteiger partial charge on any atom is -0.336 e. The number of nitrogens with two attached hydrogens (primary N) is 1. The molecule has 1 amide bonds. The second-order valence-corrected chi connectivity index (χ2v) is 5.44. The van der Waals surface area contributed by atoms with Crippen LogP contribution in [0.4, 0.5) is 5.69 Å². The van der Waals surface area contributed by atoms with E-state index in [-0.39, 0.29) is 17.7 Å². The number of nitrogen functional groups attached to an aromatic ring is 1. The van der Waals surface area contributed by atoms with Gasteiger partial charge < -0.3 is 10.7 Å². The van der Waals surface area contributed by atoms with Crippen LogP contribution in [0.2, 0.25) is 0 Å². The van der Waals surface area contributed by atoms with Gasteiger partial charge in [-0.05, 0) is 26.0 Å². The number of carbonyl (C=O) groups is 1. The Kier molecular flexibility index (Phi) is 4.62. The molecule has 0 saturated heterocycles. The molecule has 20 heavy (non-hydrogen) atoms. The number of hydrogen-bond acceptors (Lipinski definition) is 5. The summed E-state index contributed by atoms with van der Waals surface area (Å²) in [6, 6.07) is 9.70. The fourth-order valence-electron chi connectivity index (χ4n) is 1.85. The maximum Gasteiger partial charge on any atom is 0.237 e. The largest absolute Gasteiger partial charge is 0.336 e. The molecular weight excluding hydrogens is 274 g/mol. The van der Waals surface area contributed by atoms with Gasteiger partial charge in [0.2, 0.25) is 11.1 Å².